The van der Waals surface area contributed by atoms with Crippen LogP contribution >= 0.6 is 0 Å². The second-order valence-corrected chi connectivity index (χ2v) is 5.51. The number of esters is 1. The van der Waals surface area contributed by atoms with E-state index in [0.717, 1.165) is 16.9 Å². The number of ether oxygens (including phenoxy) is 2. The van der Waals surface area contributed by atoms with Gasteiger partial charge in [0, 0.05) is 25.7 Å². The standard InChI is InChI=1S/C20H25N3O3/c1-4-26-18-8-6-5-7-17(18)14-23-20(21-2)22-13-15-9-11-16(12-10-15)19(24)25-3/h5-12H,4,13-14H2,1-3H3,(H2,21,22,23). The summed E-state index contributed by atoms with van der Waals surface area (Å²) >= 11 is 0. The Balaban J connectivity index is 1.89. The highest BCUT2D eigenvalue weighted by Gasteiger charge is 2.06. The normalized spacial score (nSPS) is 11.0. The van der Waals surface area contributed by atoms with E-state index in [1.54, 1.807) is 19.2 Å². The highest BCUT2D eigenvalue weighted by Crippen LogP contribution is 2.17. The molecular formula is C20H25N3O3. The van der Waals surface area contributed by atoms with E-state index in [2.05, 4.69) is 15.6 Å². The summed E-state index contributed by atoms with van der Waals surface area (Å²) in [5.74, 6) is 1.22. The summed E-state index contributed by atoms with van der Waals surface area (Å²) in [5.41, 5.74) is 2.64. The van der Waals surface area contributed by atoms with Crippen LogP contribution < -0.4 is 15.4 Å². The molecule has 0 amide bonds. The van der Waals surface area contributed by atoms with Gasteiger partial charge in [-0.25, -0.2) is 4.79 Å². The molecule has 0 saturated heterocycles. The number of hydrogen-bond acceptors (Lipinski definition) is 4. The Kier molecular flexibility index (Phi) is 7.49. The average molecular weight is 355 g/mol. The Labute approximate surface area is 154 Å². The molecule has 0 aliphatic carbocycles. The predicted molar refractivity (Wildman–Crippen MR) is 102 cm³/mol. The Morgan fingerprint density at radius 3 is 2.38 bits per heavy atom. The molecule has 0 atom stereocenters. The molecule has 0 heterocycles. The number of hydrogen-bond donors (Lipinski definition) is 2. The zero-order valence-electron chi connectivity index (χ0n) is 15.4. The van der Waals surface area contributed by atoms with Crippen molar-refractivity contribution in [3.8, 4) is 5.75 Å². The molecule has 2 aromatic rings. The summed E-state index contributed by atoms with van der Waals surface area (Å²) in [7, 11) is 3.10. The molecule has 0 fully saturated rings. The molecule has 2 N–H and O–H groups in total. The van der Waals surface area contributed by atoms with Crippen molar-refractivity contribution >= 4 is 11.9 Å². The average Bonchev–Trinajstić information content (AvgIpc) is 2.69. The van der Waals surface area contributed by atoms with E-state index in [4.69, 9.17) is 9.47 Å². The van der Waals surface area contributed by atoms with E-state index >= 15 is 0 Å². The number of benzene rings is 2. The zero-order chi connectivity index (χ0) is 18.8. The van der Waals surface area contributed by atoms with Gasteiger partial charge in [-0.3, -0.25) is 4.99 Å². The van der Waals surface area contributed by atoms with Crippen molar-refractivity contribution in [1.82, 2.24) is 10.6 Å². The van der Waals surface area contributed by atoms with Crippen molar-refractivity contribution in [2.75, 3.05) is 20.8 Å². The van der Waals surface area contributed by atoms with Crippen molar-refractivity contribution < 1.29 is 14.3 Å². The molecule has 138 valence electrons. The topological polar surface area (TPSA) is 72.0 Å². The van der Waals surface area contributed by atoms with E-state index < -0.39 is 0 Å². The zero-order valence-corrected chi connectivity index (χ0v) is 15.4. The van der Waals surface area contributed by atoms with Crippen LogP contribution in [0.2, 0.25) is 0 Å². The molecule has 6 heteroatoms. The minimum absolute atomic E-state index is 0.338. The van der Waals surface area contributed by atoms with Crippen molar-refractivity contribution in [2.24, 2.45) is 4.99 Å². The summed E-state index contributed by atoms with van der Waals surface area (Å²) in [6.45, 7) is 3.80. The summed E-state index contributed by atoms with van der Waals surface area (Å²) in [4.78, 5) is 15.7. The largest absolute Gasteiger partial charge is 0.494 e. The van der Waals surface area contributed by atoms with Gasteiger partial charge in [0.25, 0.3) is 0 Å². The first-order valence-corrected chi connectivity index (χ1v) is 8.50. The number of aliphatic imine (C=N–C) groups is 1. The lowest BCUT2D eigenvalue weighted by Gasteiger charge is -2.14. The molecule has 6 nitrogen and oxygen atoms in total. The van der Waals surface area contributed by atoms with E-state index in [1.165, 1.54) is 7.11 Å². The summed E-state index contributed by atoms with van der Waals surface area (Å²) in [6, 6.07) is 15.2. The fraction of sp³-hybridized carbons (Fsp3) is 0.300. The van der Waals surface area contributed by atoms with Crippen molar-refractivity contribution in [2.45, 2.75) is 20.0 Å². The van der Waals surface area contributed by atoms with Crippen LogP contribution in [-0.4, -0.2) is 32.7 Å². The van der Waals surface area contributed by atoms with Crippen LogP contribution in [0.3, 0.4) is 0 Å². The van der Waals surface area contributed by atoms with E-state index in [9.17, 15) is 4.79 Å². The van der Waals surface area contributed by atoms with E-state index in [1.807, 2.05) is 43.3 Å². The Hall–Kier alpha value is -3.02. The number of rotatable bonds is 7. The second kappa shape index (κ2) is 10.1. The number of methoxy groups -OCH3 is 1. The lowest BCUT2D eigenvalue weighted by atomic mass is 10.1. The van der Waals surface area contributed by atoms with Crippen molar-refractivity contribution in [3.63, 3.8) is 0 Å². The maximum absolute atomic E-state index is 11.5. The van der Waals surface area contributed by atoms with Crippen molar-refractivity contribution in [3.05, 3.63) is 65.2 Å². The molecule has 2 rings (SSSR count). The predicted octanol–water partition coefficient (Wildman–Crippen LogP) is 2.74. The molecule has 2 aromatic carbocycles. The fourth-order valence-electron chi connectivity index (χ4n) is 2.41. The van der Waals surface area contributed by atoms with Crippen LogP contribution in [0.1, 0.15) is 28.4 Å². The third-order valence-electron chi connectivity index (χ3n) is 3.78. The van der Waals surface area contributed by atoms with Gasteiger partial charge >= 0.3 is 5.97 Å². The first-order chi connectivity index (χ1) is 12.7. The van der Waals surface area contributed by atoms with Crippen LogP contribution in [0, 0.1) is 0 Å². The fourth-order valence-corrected chi connectivity index (χ4v) is 2.41. The van der Waals surface area contributed by atoms with Crippen molar-refractivity contribution in [1.29, 1.82) is 0 Å². The maximum Gasteiger partial charge on any atom is 0.337 e. The number of carbonyl (C=O) groups excluding carboxylic acids is 1. The van der Waals surface area contributed by atoms with E-state index in [0.29, 0.717) is 31.2 Å². The molecular weight excluding hydrogens is 330 g/mol. The highest BCUT2D eigenvalue weighted by atomic mass is 16.5. The molecule has 26 heavy (non-hydrogen) atoms. The molecule has 0 aromatic heterocycles. The molecule has 0 radical (unpaired) electrons. The van der Waals surface area contributed by atoms with Crippen LogP contribution in [0.5, 0.6) is 5.75 Å². The maximum atomic E-state index is 11.5. The van der Waals surface area contributed by atoms with Gasteiger partial charge in [-0.2, -0.15) is 0 Å². The van der Waals surface area contributed by atoms with Crippen LogP contribution in [-0.2, 0) is 17.8 Å². The molecule has 0 aliphatic rings. The Bertz CT molecular complexity index is 742. The van der Waals surface area contributed by atoms with Gasteiger partial charge < -0.3 is 20.1 Å². The summed E-state index contributed by atoms with van der Waals surface area (Å²) < 4.78 is 10.3. The van der Waals surface area contributed by atoms with Gasteiger partial charge in [0.05, 0.1) is 19.3 Å². The molecule has 0 unspecified atom stereocenters. The highest BCUT2D eigenvalue weighted by molar-refractivity contribution is 5.89. The third-order valence-corrected chi connectivity index (χ3v) is 3.78. The first kappa shape index (κ1) is 19.3. The smallest absolute Gasteiger partial charge is 0.337 e. The van der Waals surface area contributed by atoms with Crippen LogP contribution in [0.4, 0.5) is 0 Å². The summed E-state index contributed by atoms with van der Waals surface area (Å²) in [6.07, 6.45) is 0. The van der Waals surface area contributed by atoms with Gasteiger partial charge in [-0.05, 0) is 30.7 Å². The lowest BCUT2D eigenvalue weighted by Crippen LogP contribution is -2.36. The van der Waals surface area contributed by atoms with Gasteiger partial charge in [0.2, 0.25) is 0 Å². The third kappa shape index (κ3) is 5.51. The number of nitrogens with one attached hydrogen (secondary N) is 2. The van der Waals surface area contributed by atoms with E-state index in [-0.39, 0.29) is 5.97 Å². The SMILES string of the molecule is CCOc1ccccc1CNC(=NC)NCc1ccc(C(=O)OC)cc1. The quantitative estimate of drug-likeness (QED) is 0.454. The van der Waals surface area contributed by atoms with Gasteiger partial charge in [0.1, 0.15) is 5.75 Å². The van der Waals surface area contributed by atoms with Gasteiger partial charge in [-0.15, -0.1) is 0 Å². The summed E-state index contributed by atoms with van der Waals surface area (Å²) in [5, 5.41) is 6.53. The molecule has 0 aliphatic heterocycles. The van der Waals surface area contributed by atoms with Gasteiger partial charge in [-0.1, -0.05) is 30.3 Å². The minimum Gasteiger partial charge on any atom is -0.494 e. The molecule has 0 bridgehead atoms. The lowest BCUT2D eigenvalue weighted by molar-refractivity contribution is 0.0600. The second-order valence-electron chi connectivity index (χ2n) is 5.51. The Morgan fingerprint density at radius 1 is 1.04 bits per heavy atom. The monoisotopic (exact) mass is 355 g/mol. The van der Waals surface area contributed by atoms with Gasteiger partial charge in [0.15, 0.2) is 5.96 Å². The Morgan fingerprint density at radius 2 is 1.73 bits per heavy atom. The van der Waals surface area contributed by atoms with Crippen LogP contribution in [0.15, 0.2) is 53.5 Å². The molecule has 0 saturated carbocycles. The first-order valence-electron chi connectivity index (χ1n) is 8.50. The molecule has 0 spiro atoms. The number of nitrogens with zero attached hydrogens (tertiary/aromatic N) is 1. The number of carbonyl (C=O) groups is 1. The minimum atomic E-state index is -0.338. The number of para-hydroxylation sites is 1. The number of guanidine groups is 1. The van der Waals surface area contributed by atoms with Crippen LogP contribution in [0.25, 0.3) is 0 Å².